The highest BCUT2D eigenvalue weighted by molar-refractivity contribution is 6.31. The molecule has 1 saturated heterocycles. The minimum absolute atomic E-state index is 0.0437. The fraction of sp³-hybridized carbons (Fsp3) is 0.320. The Morgan fingerprint density at radius 1 is 1.29 bits per heavy atom. The number of hydrogen-bond donors (Lipinski definition) is 1. The zero-order valence-corrected chi connectivity index (χ0v) is 20.4. The fourth-order valence-electron chi connectivity index (χ4n) is 4.54. The third-order valence-corrected chi connectivity index (χ3v) is 6.37. The predicted octanol–water partition coefficient (Wildman–Crippen LogP) is 3.72. The number of carbonyl (C=O) groups is 1. The summed E-state index contributed by atoms with van der Waals surface area (Å²) in [6.07, 6.45) is 6.98. The van der Waals surface area contributed by atoms with E-state index in [4.69, 9.17) is 16.3 Å². The Morgan fingerprint density at radius 2 is 2.17 bits per heavy atom. The number of aromatic nitrogens is 5. The van der Waals surface area contributed by atoms with Gasteiger partial charge in [-0.1, -0.05) is 16.8 Å². The van der Waals surface area contributed by atoms with Crippen LogP contribution in [0, 0.1) is 6.92 Å². The number of nitrogens with one attached hydrogen (secondary N) is 1. The van der Waals surface area contributed by atoms with Crippen LogP contribution < -0.4 is 10.2 Å². The van der Waals surface area contributed by atoms with Gasteiger partial charge in [-0.25, -0.2) is 14.6 Å². The number of halogens is 1. The van der Waals surface area contributed by atoms with Crippen molar-refractivity contribution in [2.24, 2.45) is 0 Å². The molecular formula is C25H26ClN7O2. The minimum atomic E-state index is -0.196. The average Bonchev–Trinajstić information content (AvgIpc) is 3.33. The van der Waals surface area contributed by atoms with Gasteiger partial charge in [0.25, 0.3) is 5.91 Å². The number of pyridine rings is 2. The summed E-state index contributed by atoms with van der Waals surface area (Å²) in [5.41, 5.74) is 2.72. The Hall–Kier alpha value is -3.40. The van der Waals surface area contributed by atoms with Crippen LogP contribution in [-0.2, 0) is 11.3 Å². The molecule has 10 heteroatoms. The number of rotatable bonds is 6. The van der Waals surface area contributed by atoms with Crippen molar-refractivity contribution in [3.8, 4) is 5.69 Å². The van der Waals surface area contributed by atoms with E-state index in [1.165, 1.54) is 0 Å². The number of anilines is 1. The summed E-state index contributed by atoms with van der Waals surface area (Å²) in [7, 11) is 1.61. The topological polar surface area (TPSA) is 98.1 Å². The van der Waals surface area contributed by atoms with Crippen LogP contribution in [0.5, 0.6) is 0 Å². The van der Waals surface area contributed by atoms with Crippen LogP contribution in [0.1, 0.15) is 34.6 Å². The molecule has 9 nitrogen and oxygen atoms in total. The van der Waals surface area contributed by atoms with Crippen molar-refractivity contribution in [1.29, 1.82) is 0 Å². The van der Waals surface area contributed by atoms with Crippen LogP contribution in [0.4, 0.5) is 5.82 Å². The summed E-state index contributed by atoms with van der Waals surface area (Å²) in [4.78, 5) is 24.9. The lowest BCUT2D eigenvalue weighted by Crippen LogP contribution is -2.49. The van der Waals surface area contributed by atoms with Crippen LogP contribution >= 0.6 is 11.6 Å². The first kappa shape index (κ1) is 23.3. The van der Waals surface area contributed by atoms with Crippen molar-refractivity contribution in [2.75, 3.05) is 25.1 Å². The summed E-state index contributed by atoms with van der Waals surface area (Å²) in [6.45, 7) is 3.99. The smallest absolute Gasteiger partial charge is 0.278 e. The maximum Gasteiger partial charge on any atom is 0.278 e. The molecular weight excluding hydrogens is 466 g/mol. The number of ether oxygens (including phenoxy) is 1. The number of nitrogens with zero attached hydrogens (tertiary/aromatic N) is 6. The van der Waals surface area contributed by atoms with E-state index in [1.54, 1.807) is 41.3 Å². The van der Waals surface area contributed by atoms with Crippen molar-refractivity contribution in [3.63, 3.8) is 0 Å². The third-order valence-electron chi connectivity index (χ3n) is 6.15. The largest absolute Gasteiger partial charge is 0.378 e. The van der Waals surface area contributed by atoms with Gasteiger partial charge in [0.05, 0.1) is 30.7 Å². The molecule has 0 spiro atoms. The van der Waals surface area contributed by atoms with E-state index in [2.05, 4.69) is 25.6 Å². The number of benzene rings is 1. The van der Waals surface area contributed by atoms with E-state index < -0.39 is 0 Å². The second-order valence-corrected chi connectivity index (χ2v) is 9.06. The predicted molar refractivity (Wildman–Crippen MR) is 134 cm³/mol. The molecule has 0 aliphatic carbocycles. The Balaban J connectivity index is 1.53. The second-order valence-electron chi connectivity index (χ2n) is 8.62. The zero-order chi connectivity index (χ0) is 24.4. The van der Waals surface area contributed by atoms with Crippen LogP contribution in [0.15, 0.2) is 48.9 Å². The molecule has 1 amide bonds. The third kappa shape index (κ3) is 4.75. The molecule has 180 valence electrons. The molecule has 1 N–H and O–H groups in total. The lowest BCUT2D eigenvalue weighted by atomic mass is 10.0. The number of hydrogen-bond acceptors (Lipinski definition) is 7. The highest BCUT2D eigenvalue weighted by Gasteiger charge is 2.31. The van der Waals surface area contributed by atoms with Gasteiger partial charge in [0.2, 0.25) is 0 Å². The molecule has 1 atom stereocenters. The van der Waals surface area contributed by atoms with Gasteiger partial charge >= 0.3 is 0 Å². The number of piperidine rings is 1. The van der Waals surface area contributed by atoms with Crippen LogP contribution in [0.3, 0.4) is 0 Å². The van der Waals surface area contributed by atoms with Crippen LogP contribution in [-0.4, -0.2) is 57.1 Å². The number of fused-ring (bicyclic) bond motifs is 1. The number of carbonyl (C=O) groups excluding carboxylic acids is 1. The monoisotopic (exact) mass is 491 g/mol. The first-order chi connectivity index (χ1) is 17.0. The lowest BCUT2D eigenvalue weighted by Gasteiger charge is -2.34. The van der Waals surface area contributed by atoms with Crippen molar-refractivity contribution in [2.45, 2.75) is 32.4 Å². The van der Waals surface area contributed by atoms with E-state index in [9.17, 15) is 4.79 Å². The van der Waals surface area contributed by atoms with E-state index in [1.807, 2.05) is 31.2 Å². The van der Waals surface area contributed by atoms with Crippen LogP contribution in [0.25, 0.3) is 16.5 Å². The quantitative estimate of drug-likeness (QED) is 0.439. The molecule has 1 fully saturated rings. The SMILES string of the molecule is COCc1cn(-c2ccc(C(=O)N(c3nccc4cc(Cl)cc(C)c34)C3CCCNC3)nc2)nn1. The number of methoxy groups -OCH3 is 1. The number of amides is 1. The van der Waals surface area contributed by atoms with Crippen molar-refractivity contribution >= 4 is 34.1 Å². The summed E-state index contributed by atoms with van der Waals surface area (Å²) in [5.74, 6) is 0.431. The van der Waals surface area contributed by atoms with E-state index in [0.717, 1.165) is 35.7 Å². The van der Waals surface area contributed by atoms with Gasteiger partial charge in [0, 0.05) is 30.3 Å². The van der Waals surface area contributed by atoms with Gasteiger partial charge < -0.3 is 10.1 Å². The van der Waals surface area contributed by atoms with Gasteiger partial charge in [0.1, 0.15) is 17.2 Å². The molecule has 35 heavy (non-hydrogen) atoms. The molecule has 4 heterocycles. The van der Waals surface area contributed by atoms with Crippen molar-refractivity contribution in [3.05, 3.63) is 70.9 Å². The van der Waals surface area contributed by atoms with E-state index in [0.29, 0.717) is 41.1 Å². The Bertz CT molecular complexity index is 1350. The standard InChI is InChI=1S/C25H26ClN7O2/c1-16-10-18(26)11-17-7-9-28-24(23(16)17)33(21-4-3-8-27-12-21)25(34)22-6-5-20(13-29-22)32-14-19(15-35-2)30-31-32/h5-7,9-11,13-14,21,27H,3-4,8,12,15H2,1-2H3. The highest BCUT2D eigenvalue weighted by atomic mass is 35.5. The fourth-order valence-corrected chi connectivity index (χ4v) is 4.82. The Kier molecular flexibility index (Phi) is 6.72. The maximum absolute atomic E-state index is 13.9. The van der Waals surface area contributed by atoms with Crippen LogP contribution in [0.2, 0.25) is 5.02 Å². The maximum atomic E-state index is 13.9. The van der Waals surface area contributed by atoms with Gasteiger partial charge in [-0.15, -0.1) is 5.10 Å². The molecule has 1 aliphatic rings. The van der Waals surface area contributed by atoms with Gasteiger partial charge in [-0.3, -0.25) is 9.69 Å². The minimum Gasteiger partial charge on any atom is -0.378 e. The van der Waals surface area contributed by atoms with E-state index in [-0.39, 0.29) is 11.9 Å². The second kappa shape index (κ2) is 10.1. The molecule has 0 bridgehead atoms. The average molecular weight is 492 g/mol. The molecule has 4 aromatic rings. The van der Waals surface area contributed by atoms with E-state index >= 15 is 0 Å². The molecule has 0 saturated carbocycles. The lowest BCUT2D eigenvalue weighted by molar-refractivity contribution is 0.0967. The first-order valence-electron chi connectivity index (χ1n) is 11.5. The molecule has 1 aliphatic heterocycles. The van der Waals surface area contributed by atoms with Crippen molar-refractivity contribution in [1.82, 2.24) is 30.3 Å². The molecule has 5 rings (SSSR count). The number of aryl methyl sites for hydroxylation is 1. The van der Waals surface area contributed by atoms with Gasteiger partial charge in [0.15, 0.2) is 0 Å². The Labute approximate surface area is 208 Å². The summed E-state index contributed by atoms with van der Waals surface area (Å²) < 4.78 is 6.71. The summed E-state index contributed by atoms with van der Waals surface area (Å²) in [6, 6.07) is 9.21. The molecule has 0 radical (unpaired) electrons. The molecule has 1 aromatic carbocycles. The first-order valence-corrected chi connectivity index (χ1v) is 11.9. The zero-order valence-electron chi connectivity index (χ0n) is 19.6. The molecule has 3 aromatic heterocycles. The summed E-state index contributed by atoms with van der Waals surface area (Å²) >= 11 is 6.31. The Morgan fingerprint density at radius 3 is 2.91 bits per heavy atom. The van der Waals surface area contributed by atoms with Gasteiger partial charge in [-0.05, 0) is 67.6 Å². The molecule has 1 unspecified atom stereocenters. The van der Waals surface area contributed by atoms with Crippen molar-refractivity contribution < 1.29 is 9.53 Å². The summed E-state index contributed by atoms with van der Waals surface area (Å²) in [5, 5.41) is 14.1. The highest BCUT2D eigenvalue weighted by Crippen LogP contribution is 2.33. The van der Waals surface area contributed by atoms with Gasteiger partial charge in [-0.2, -0.15) is 0 Å². The normalized spacial score (nSPS) is 15.9.